The van der Waals surface area contributed by atoms with Gasteiger partial charge in [-0.15, -0.1) is 0 Å². The van der Waals surface area contributed by atoms with E-state index in [0.29, 0.717) is 5.56 Å². The summed E-state index contributed by atoms with van der Waals surface area (Å²) in [7, 11) is 0. The third-order valence-electron chi connectivity index (χ3n) is 2.70. The number of aryl methyl sites for hydroxylation is 1. The topological polar surface area (TPSA) is 17.1 Å². The van der Waals surface area contributed by atoms with E-state index in [0.717, 1.165) is 24.3 Å². The fourth-order valence-electron chi connectivity index (χ4n) is 1.75. The molecule has 0 unspecified atom stereocenters. The zero-order valence-corrected chi connectivity index (χ0v) is 10.6. The molecule has 1 nitrogen and oxygen atoms in total. The molecule has 0 atom stereocenters. The summed E-state index contributed by atoms with van der Waals surface area (Å²) >= 11 is 5.73. The Morgan fingerprint density at radius 3 is 2.42 bits per heavy atom. The number of rotatable bonds is 2. The number of benzene rings is 2. The lowest BCUT2D eigenvalue weighted by Gasteiger charge is -2.08. The van der Waals surface area contributed by atoms with E-state index < -0.39 is 28.8 Å². The maximum absolute atomic E-state index is 13.7. The Balaban J connectivity index is 2.59. The highest BCUT2D eigenvalue weighted by molar-refractivity contribution is 6.35. The Morgan fingerprint density at radius 1 is 1.11 bits per heavy atom. The Bertz CT molecular complexity index is 668. The Labute approximate surface area is 112 Å². The molecular weight excluding hydrogens is 277 g/mol. The molecule has 2 aromatic rings. The average molecular weight is 285 g/mol. The molecule has 0 aromatic heterocycles. The monoisotopic (exact) mass is 284 g/mol. The smallest absolute Gasteiger partial charge is 0.197 e. The van der Waals surface area contributed by atoms with Crippen molar-refractivity contribution in [2.24, 2.45) is 0 Å². The van der Waals surface area contributed by atoms with Crippen molar-refractivity contribution >= 4 is 17.4 Å². The summed E-state index contributed by atoms with van der Waals surface area (Å²) in [6, 6.07) is 5.37. The van der Waals surface area contributed by atoms with Crippen LogP contribution in [0.1, 0.15) is 21.5 Å². The molecule has 0 amide bonds. The molecule has 0 saturated carbocycles. The second kappa shape index (κ2) is 5.05. The van der Waals surface area contributed by atoms with Crippen molar-refractivity contribution in [3.8, 4) is 0 Å². The largest absolute Gasteiger partial charge is 0.288 e. The van der Waals surface area contributed by atoms with Crippen LogP contribution in [0.15, 0.2) is 30.3 Å². The maximum atomic E-state index is 13.7. The normalized spacial score (nSPS) is 10.6. The van der Waals surface area contributed by atoms with Crippen LogP contribution in [0.2, 0.25) is 5.02 Å². The number of hydrogen-bond donors (Lipinski definition) is 0. The second-order valence-corrected chi connectivity index (χ2v) is 4.41. The van der Waals surface area contributed by atoms with Crippen molar-refractivity contribution in [2.45, 2.75) is 6.92 Å². The molecule has 0 bridgehead atoms. The van der Waals surface area contributed by atoms with Gasteiger partial charge in [0.25, 0.3) is 0 Å². The van der Waals surface area contributed by atoms with E-state index >= 15 is 0 Å². The predicted molar refractivity (Wildman–Crippen MR) is 65.9 cm³/mol. The number of carbonyl (C=O) groups excluding carboxylic acids is 1. The fourth-order valence-corrected chi connectivity index (χ4v) is 1.98. The summed E-state index contributed by atoms with van der Waals surface area (Å²) in [6.07, 6.45) is 0. The van der Waals surface area contributed by atoms with Crippen LogP contribution in [0.3, 0.4) is 0 Å². The maximum Gasteiger partial charge on any atom is 0.197 e. The highest BCUT2D eigenvalue weighted by Gasteiger charge is 2.22. The van der Waals surface area contributed by atoms with Gasteiger partial charge in [-0.05, 0) is 42.8 Å². The van der Waals surface area contributed by atoms with Gasteiger partial charge in [-0.2, -0.15) is 0 Å². The van der Waals surface area contributed by atoms with Gasteiger partial charge in [-0.3, -0.25) is 4.79 Å². The van der Waals surface area contributed by atoms with E-state index in [1.165, 1.54) is 13.0 Å². The lowest BCUT2D eigenvalue weighted by molar-refractivity contribution is 0.103. The van der Waals surface area contributed by atoms with Crippen LogP contribution in [-0.2, 0) is 0 Å². The standard InChI is InChI=1S/C14H8ClF3O/c1-7-6-8(16)2-3-9(7)14(19)12-10(15)4-5-11(17)13(12)18/h2-6H,1H3. The van der Waals surface area contributed by atoms with Gasteiger partial charge in [0.1, 0.15) is 5.82 Å². The molecule has 0 aliphatic carbocycles. The third kappa shape index (κ3) is 2.49. The van der Waals surface area contributed by atoms with Crippen LogP contribution in [-0.4, -0.2) is 5.78 Å². The van der Waals surface area contributed by atoms with Crippen molar-refractivity contribution in [2.75, 3.05) is 0 Å². The van der Waals surface area contributed by atoms with E-state index in [9.17, 15) is 18.0 Å². The van der Waals surface area contributed by atoms with Crippen molar-refractivity contribution in [3.63, 3.8) is 0 Å². The van der Waals surface area contributed by atoms with Crippen LogP contribution in [0.25, 0.3) is 0 Å². The van der Waals surface area contributed by atoms with Gasteiger partial charge in [-0.25, -0.2) is 13.2 Å². The van der Waals surface area contributed by atoms with E-state index in [1.807, 2.05) is 0 Å². The Morgan fingerprint density at radius 2 is 1.79 bits per heavy atom. The Hall–Kier alpha value is -1.81. The molecule has 0 saturated heterocycles. The minimum atomic E-state index is -1.30. The van der Waals surface area contributed by atoms with Gasteiger partial charge >= 0.3 is 0 Å². The van der Waals surface area contributed by atoms with E-state index in [-0.39, 0.29) is 10.6 Å². The molecular formula is C14H8ClF3O. The summed E-state index contributed by atoms with van der Waals surface area (Å²) in [5.74, 6) is -3.76. The first-order chi connectivity index (χ1) is 8.91. The lowest BCUT2D eigenvalue weighted by Crippen LogP contribution is -2.09. The first-order valence-corrected chi connectivity index (χ1v) is 5.74. The van der Waals surface area contributed by atoms with Crippen molar-refractivity contribution < 1.29 is 18.0 Å². The van der Waals surface area contributed by atoms with Crippen LogP contribution in [0, 0.1) is 24.4 Å². The molecule has 2 aromatic carbocycles. The van der Waals surface area contributed by atoms with Gasteiger partial charge in [0.2, 0.25) is 0 Å². The van der Waals surface area contributed by atoms with Crippen molar-refractivity contribution in [3.05, 3.63) is 69.5 Å². The molecule has 5 heteroatoms. The molecule has 0 aliphatic heterocycles. The molecule has 0 spiro atoms. The summed E-state index contributed by atoms with van der Waals surface area (Å²) in [4.78, 5) is 12.2. The predicted octanol–water partition coefficient (Wildman–Crippen LogP) is 4.30. The zero-order valence-electron chi connectivity index (χ0n) is 9.81. The van der Waals surface area contributed by atoms with Gasteiger partial charge < -0.3 is 0 Å². The van der Waals surface area contributed by atoms with Gasteiger partial charge in [0.15, 0.2) is 17.4 Å². The SMILES string of the molecule is Cc1cc(F)ccc1C(=O)c1c(Cl)ccc(F)c1F. The summed E-state index contributed by atoms with van der Waals surface area (Å²) < 4.78 is 39.8. The number of carbonyl (C=O) groups is 1. The van der Waals surface area contributed by atoms with Crippen LogP contribution >= 0.6 is 11.6 Å². The molecule has 19 heavy (non-hydrogen) atoms. The average Bonchev–Trinajstić information content (AvgIpc) is 2.34. The minimum absolute atomic E-state index is 0.0767. The van der Waals surface area contributed by atoms with E-state index in [1.54, 1.807) is 0 Å². The van der Waals surface area contributed by atoms with Gasteiger partial charge in [-0.1, -0.05) is 11.6 Å². The Kier molecular flexibility index (Phi) is 3.62. The van der Waals surface area contributed by atoms with Gasteiger partial charge in [0, 0.05) is 5.56 Å². The number of hydrogen-bond acceptors (Lipinski definition) is 1. The molecule has 98 valence electrons. The highest BCUT2D eigenvalue weighted by Crippen LogP contribution is 2.25. The molecule has 0 heterocycles. The van der Waals surface area contributed by atoms with Crippen molar-refractivity contribution in [1.82, 2.24) is 0 Å². The zero-order chi connectivity index (χ0) is 14.2. The minimum Gasteiger partial charge on any atom is -0.288 e. The molecule has 0 radical (unpaired) electrons. The molecule has 0 aliphatic rings. The van der Waals surface area contributed by atoms with Gasteiger partial charge in [0.05, 0.1) is 10.6 Å². The van der Waals surface area contributed by atoms with Crippen LogP contribution in [0.4, 0.5) is 13.2 Å². The highest BCUT2D eigenvalue weighted by atomic mass is 35.5. The molecule has 0 N–H and O–H groups in total. The number of ketones is 1. The first-order valence-electron chi connectivity index (χ1n) is 5.36. The lowest BCUT2D eigenvalue weighted by atomic mass is 9.98. The number of halogens is 4. The quantitative estimate of drug-likeness (QED) is 0.594. The summed E-state index contributed by atoms with van der Waals surface area (Å²) in [5.41, 5.74) is -0.145. The summed E-state index contributed by atoms with van der Waals surface area (Å²) in [6.45, 7) is 1.50. The third-order valence-corrected chi connectivity index (χ3v) is 3.02. The molecule has 2 rings (SSSR count). The second-order valence-electron chi connectivity index (χ2n) is 4.01. The van der Waals surface area contributed by atoms with Crippen LogP contribution in [0.5, 0.6) is 0 Å². The van der Waals surface area contributed by atoms with Crippen LogP contribution < -0.4 is 0 Å². The van der Waals surface area contributed by atoms with E-state index in [4.69, 9.17) is 11.6 Å². The molecule has 0 fully saturated rings. The van der Waals surface area contributed by atoms with Crippen molar-refractivity contribution in [1.29, 1.82) is 0 Å². The summed E-state index contributed by atoms with van der Waals surface area (Å²) in [5, 5.41) is -0.187. The fraction of sp³-hybridized carbons (Fsp3) is 0.0714. The first kappa shape index (κ1) is 13.6. The van der Waals surface area contributed by atoms with E-state index in [2.05, 4.69) is 0 Å².